The zero-order valence-corrected chi connectivity index (χ0v) is 10.6. The average molecular weight is 333 g/mol. The number of nitrogens with zero attached hydrogens (tertiary/aromatic N) is 1. The van der Waals surface area contributed by atoms with Crippen LogP contribution in [0.4, 0.5) is 5.69 Å². The van der Waals surface area contributed by atoms with Crippen molar-refractivity contribution in [2.45, 2.75) is 6.10 Å². The van der Waals surface area contributed by atoms with E-state index in [-0.39, 0.29) is 6.61 Å². The second-order valence-corrected chi connectivity index (χ2v) is 4.57. The third-order valence-electron chi connectivity index (χ3n) is 2.26. The molecule has 0 saturated carbocycles. The molecule has 1 aromatic carbocycles. The average Bonchev–Trinajstić information content (AvgIpc) is 2.67. The van der Waals surface area contributed by atoms with Gasteiger partial charge < -0.3 is 15.5 Å². The van der Waals surface area contributed by atoms with Crippen LogP contribution in [0.15, 0.2) is 18.2 Å². The summed E-state index contributed by atoms with van der Waals surface area (Å²) in [4.78, 5) is 0. The van der Waals surface area contributed by atoms with Crippen LogP contribution >= 0.6 is 22.6 Å². The van der Waals surface area contributed by atoms with Gasteiger partial charge >= 0.3 is 0 Å². The summed E-state index contributed by atoms with van der Waals surface area (Å²) in [5, 5.41) is 29.0. The van der Waals surface area contributed by atoms with E-state index in [0.29, 0.717) is 6.54 Å². The Morgan fingerprint density at radius 2 is 2.31 bits per heavy atom. The standard InChI is InChI=1S/C10H12IN3O2/c11-10-8-2-1-6(3-9(8)13-14-10)12-4-7(16)5-15/h1-3,7,12,15-16H,4-5H2,(H,13,14). The molecular formula is C10H12IN3O2. The smallest absolute Gasteiger partial charge is 0.104 e. The number of fused-ring (bicyclic) bond motifs is 1. The van der Waals surface area contributed by atoms with Gasteiger partial charge in [0.25, 0.3) is 0 Å². The van der Waals surface area contributed by atoms with Gasteiger partial charge in [0.1, 0.15) is 3.70 Å². The third-order valence-corrected chi connectivity index (χ3v) is 3.08. The normalized spacial score (nSPS) is 12.9. The molecule has 2 rings (SSSR count). The molecule has 0 bridgehead atoms. The Hall–Kier alpha value is -0.860. The van der Waals surface area contributed by atoms with Gasteiger partial charge in [0, 0.05) is 17.6 Å². The van der Waals surface area contributed by atoms with Crippen LogP contribution in [0.1, 0.15) is 0 Å². The minimum absolute atomic E-state index is 0.241. The number of hydrogen-bond acceptors (Lipinski definition) is 4. The highest BCUT2D eigenvalue weighted by Gasteiger charge is 2.05. The first-order valence-corrected chi connectivity index (χ1v) is 5.95. The minimum Gasteiger partial charge on any atom is -0.394 e. The monoisotopic (exact) mass is 333 g/mol. The number of aliphatic hydroxyl groups is 2. The number of H-pyrrole nitrogens is 1. The van der Waals surface area contributed by atoms with E-state index in [4.69, 9.17) is 5.11 Å². The number of aromatic amines is 1. The van der Waals surface area contributed by atoms with Crippen molar-refractivity contribution < 1.29 is 10.2 Å². The number of halogens is 1. The summed E-state index contributed by atoms with van der Waals surface area (Å²) in [5.41, 5.74) is 1.76. The molecular weight excluding hydrogens is 321 g/mol. The van der Waals surface area contributed by atoms with Crippen LogP contribution < -0.4 is 5.32 Å². The van der Waals surface area contributed by atoms with Gasteiger partial charge in [-0.2, -0.15) is 5.10 Å². The summed E-state index contributed by atoms with van der Waals surface area (Å²) in [5.74, 6) is 0. The molecule has 1 unspecified atom stereocenters. The maximum absolute atomic E-state index is 9.20. The lowest BCUT2D eigenvalue weighted by Gasteiger charge is -2.09. The Labute approximate surface area is 106 Å². The van der Waals surface area contributed by atoms with Crippen LogP contribution in [0.2, 0.25) is 0 Å². The van der Waals surface area contributed by atoms with Gasteiger partial charge in [-0.3, -0.25) is 5.10 Å². The first-order chi connectivity index (χ1) is 7.70. The Kier molecular flexibility index (Phi) is 3.62. The molecule has 0 fully saturated rings. The molecule has 0 aliphatic rings. The summed E-state index contributed by atoms with van der Waals surface area (Å²) in [6.45, 7) is 0.0824. The molecule has 16 heavy (non-hydrogen) atoms. The van der Waals surface area contributed by atoms with E-state index in [9.17, 15) is 5.11 Å². The first-order valence-electron chi connectivity index (χ1n) is 4.87. The van der Waals surface area contributed by atoms with Crippen LogP contribution in [0.5, 0.6) is 0 Å². The van der Waals surface area contributed by atoms with Gasteiger partial charge in [0.2, 0.25) is 0 Å². The van der Waals surface area contributed by atoms with E-state index >= 15 is 0 Å². The van der Waals surface area contributed by atoms with E-state index < -0.39 is 6.10 Å². The molecule has 0 amide bonds. The molecule has 0 aliphatic carbocycles. The molecule has 1 aromatic heterocycles. The highest BCUT2D eigenvalue weighted by atomic mass is 127. The zero-order chi connectivity index (χ0) is 11.5. The third kappa shape index (κ3) is 2.45. The molecule has 0 saturated heterocycles. The number of benzene rings is 1. The number of hydrogen-bond donors (Lipinski definition) is 4. The van der Waals surface area contributed by atoms with E-state index in [1.807, 2.05) is 18.2 Å². The summed E-state index contributed by atoms with van der Waals surface area (Å²) in [7, 11) is 0. The number of aromatic nitrogens is 2. The molecule has 1 heterocycles. The van der Waals surface area contributed by atoms with Crippen molar-refractivity contribution in [3.63, 3.8) is 0 Å². The quantitative estimate of drug-likeness (QED) is 0.628. The highest BCUT2D eigenvalue weighted by molar-refractivity contribution is 14.1. The molecule has 86 valence electrons. The predicted molar refractivity (Wildman–Crippen MR) is 70.4 cm³/mol. The van der Waals surface area contributed by atoms with Crippen LogP contribution in [-0.4, -0.2) is 39.7 Å². The molecule has 2 aromatic rings. The zero-order valence-electron chi connectivity index (χ0n) is 8.44. The Morgan fingerprint density at radius 1 is 1.50 bits per heavy atom. The van der Waals surface area contributed by atoms with Crippen LogP contribution in [0.3, 0.4) is 0 Å². The maximum Gasteiger partial charge on any atom is 0.104 e. The summed E-state index contributed by atoms with van der Waals surface area (Å²) in [6.07, 6.45) is -0.741. The maximum atomic E-state index is 9.20. The van der Waals surface area contributed by atoms with Gasteiger partial charge in [-0.25, -0.2) is 0 Å². The fourth-order valence-corrected chi connectivity index (χ4v) is 1.97. The Balaban J connectivity index is 2.14. The van der Waals surface area contributed by atoms with Gasteiger partial charge in [-0.15, -0.1) is 0 Å². The van der Waals surface area contributed by atoms with E-state index in [2.05, 4.69) is 38.1 Å². The van der Waals surface area contributed by atoms with Crippen molar-refractivity contribution in [3.8, 4) is 0 Å². The van der Waals surface area contributed by atoms with Crippen molar-refractivity contribution in [2.75, 3.05) is 18.5 Å². The van der Waals surface area contributed by atoms with Gasteiger partial charge in [-0.1, -0.05) is 0 Å². The number of anilines is 1. The van der Waals surface area contributed by atoms with Crippen molar-refractivity contribution in [3.05, 3.63) is 21.9 Å². The van der Waals surface area contributed by atoms with E-state index in [1.54, 1.807) is 0 Å². The SMILES string of the molecule is OCC(O)CNc1ccc2c(I)[nH]nc2c1. The van der Waals surface area contributed by atoms with Crippen LogP contribution in [0.25, 0.3) is 10.9 Å². The predicted octanol–water partition coefficient (Wildman–Crippen LogP) is 0.933. The fraction of sp³-hybridized carbons (Fsp3) is 0.300. The van der Waals surface area contributed by atoms with Crippen molar-refractivity contribution >= 4 is 39.2 Å². The van der Waals surface area contributed by atoms with Crippen molar-refractivity contribution in [2.24, 2.45) is 0 Å². The van der Waals surface area contributed by atoms with Crippen LogP contribution in [0, 0.1) is 3.70 Å². The van der Waals surface area contributed by atoms with Crippen molar-refractivity contribution in [1.29, 1.82) is 0 Å². The van der Waals surface area contributed by atoms with Crippen molar-refractivity contribution in [1.82, 2.24) is 10.2 Å². The lowest BCUT2D eigenvalue weighted by molar-refractivity contribution is 0.105. The molecule has 6 heteroatoms. The lowest BCUT2D eigenvalue weighted by atomic mass is 10.2. The van der Waals surface area contributed by atoms with E-state index in [0.717, 1.165) is 20.3 Å². The number of nitrogens with one attached hydrogen (secondary N) is 2. The number of rotatable bonds is 4. The topological polar surface area (TPSA) is 81.2 Å². The molecule has 4 N–H and O–H groups in total. The summed E-state index contributed by atoms with van der Waals surface area (Å²) in [6, 6.07) is 5.79. The molecule has 0 spiro atoms. The van der Waals surface area contributed by atoms with Gasteiger partial charge in [0.05, 0.1) is 18.2 Å². The van der Waals surface area contributed by atoms with Crippen LogP contribution in [-0.2, 0) is 0 Å². The second-order valence-electron chi connectivity index (χ2n) is 3.49. The Bertz CT molecular complexity index is 486. The lowest BCUT2D eigenvalue weighted by Crippen LogP contribution is -2.22. The molecule has 0 radical (unpaired) electrons. The fourth-order valence-electron chi connectivity index (χ4n) is 1.39. The highest BCUT2D eigenvalue weighted by Crippen LogP contribution is 2.21. The molecule has 0 aliphatic heterocycles. The second kappa shape index (κ2) is 4.98. The minimum atomic E-state index is -0.741. The van der Waals surface area contributed by atoms with Gasteiger partial charge in [-0.05, 0) is 40.8 Å². The summed E-state index contributed by atoms with van der Waals surface area (Å²) < 4.78 is 1.01. The largest absolute Gasteiger partial charge is 0.394 e. The summed E-state index contributed by atoms with van der Waals surface area (Å²) >= 11 is 2.19. The van der Waals surface area contributed by atoms with E-state index in [1.165, 1.54) is 0 Å². The molecule has 1 atom stereocenters. The molecule has 5 nitrogen and oxygen atoms in total. The number of aliphatic hydroxyl groups excluding tert-OH is 2. The van der Waals surface area contributed by atoms with Gasteiger partial charge in [0.15, 0.2) is 0 Å². The first kappa shape index (κ1) is 11.6. The Morgan fingerprint density at radius 3 is 3.06 bits per heavy atom.